The summed E-state index contributed by atoms with van der Waals surface area (Å²) in [6.45, 7) is 4.21. The van der Waals surface area contributed by atoms with E-state index in [1.807, 2.05) is 30.3 Å². The van der Waals surface area contributed by atoms with Crippen LogP contribution in [0.5, 0.6) is 0 Å². The molecule has 0 aliphatic heterocycles. The van der Waals surface area contributed by atoms with Gasteiger partial charge >= 0.3 is 0 Å². The zero-order valence-electron chi connectivity index (χ0n) is 13.9. The van der Waals surface area contributed by atoms with Crippen LogP contribution < -0.4 is 5.73 Å². The molecule has 0 aliphatic rings. The Balaban J connectivity index is 1.62. The minimum absolute atomic E-state index is 0.282. The van der Waals surface area contributed by atoms with Crippen LogP contribution in [0.15, 0.2) is 58.2 Å². The Morgan fingerprint density at radius 1 is 1.08 bits per heavy atom. The lowest BCUT2D eigenvalue weighted by molar-refractivity contribution is 0.385. The average molecular weight is 339 g/mol. The molecule has 1 aromatic heterocycles. The lowest BCUT2D eigenvalue weighted by Gasteiger charge is -2.06. The van der Waals surface area contributed by atoms with Crippen molar-refractivity contribution in [2.45, 2.75) is 37.3 Å². The molecule has 0 saturated heterocycles. The Morgan fingerprint density at radius 2 is 1.88 bits per heavy atom. The van der Waals surface area contributed by atoms with Gasteiger partial charge < -0.3 is 10.2 Å². The van der Waals surface area contributed by atoms with Gasteiger partial charge in [-0.15, -0.1) is 10.2 Å². The van der Waals surface area contributed by atoms with Crippen molar-refractivity contribution in [1.82, 2.24) is 10.2 Å². The van der Waals surface area contributed by atoms with E-state index in [-0.39, 0.29) is 6.04 Å². The van der Waals surface area contributed by atoms with E-state index < -0.39 is 0 Å². The van der Waals surface area contributed by atoms with Crippen LogP contribution in [0.4, 0.5) is 0 Å². The van der Waals surface area contributed by atoms with Gasteiger partial charge in [-0.1, -0.05) is 65.9 Å². The maximum absolute atomic E-state index is 6.19. The Labute approximate surface area is 146 Å². The first kappa shape index (κ1) is 16.7. The monoisotopic (exact) mass is 339 g/mol. The summed E-state index contributed by atoms with van der Waals surface area (Å²) >= 11 is 1.55. The number of hydrogen-bond donors (Lipinski definition) is 1. The third kappa shape index (κ3) is 4.24. The highest BCUT2D eigenvalue weighted by molar-refractivity contribution is 7.98. The maximum atomic E-state index is 6.19. The van der Waals surface area contributed by atoms with Gasteiger partial charge in [0.05, 0.1) is 6.04 Å². The molecule has 24 heavy (non-hydrogen) atoms. The molecular formula is C19H21N3OS. The Hall–Kier alpha value is -2.11. The first-order valence-corrected chi connectivity index (χ1v) is 8.92. The molecule has 0 radical (unpaired) electrons. The van der Waals surface area contributed by atoms with E-state index in [1.54, 1.807) is 11.8 Å². The molecule has 4 nitrogen and oxygen atoms in total. The third-order valence-corrected chi connectivity index (χ3v) is 4.76. The molecular weight excluding hydrogens is 318 g/mol. The van der Waals surface area contributed by atoms with Crippen molar-refractivity contribution < 1.29 is 4.42 Å². The summed E-state index contributed by atoms with van der Waals surface area (Å²) < 4.78 is 5.73. The van der Waals surface area contributed by atoms with Crippen LogP contribution in [0, 0.1) is 13.8 Å². The van der Waals surface area contributed by atoms with E-state index in [1.165, 1.54) is 16.7 Å². The van der Waals surface area contributed by atoms with Gasteiger partial charge in [0, 0.05) is 5.75 Å². The van der Waals surface area contributed by atoms with Gasteiger partial charge in [-0.3, -0.25) is 0 Å². The molecule has 124 valence electrons. The Bertz CT molecular complexity index is 801. The zero-order chi connectivity index (χ0) is 16.9. The summed E-state index contributed by atoms with van der Waals surface area (Å²) in [5.41, 5.74) is 11.2. The minimum Gasteiger partial charge on any atom is -0.414 e. The van der Waals surface area contributed by atoms with Gasteiger partial charge in [-0.2, -0.15) is 0 Å². The number of hydrogen-bond acceptors (Lipinski definition) is 5. The van der Waals surface area contributed by atoms with E-state index >= 15 is 0 Å². The standard InChI is InChI=1S/C19H21N3OS/c1-13-8-9-14(2)16(10-13)12-24-19-22-21-18(23-19)17(20)11-15-6-4-3-5-7-15/h3-10,17H,11-12,20H2,1-2H3/t17-/m0/s1. The first-order valence-electron chi connectivity index (χ1n) is 7.93. The number of rotatable bonds is 6. The van der Waals surface area contributed by atoms with Crippen LogP contribution in [0.25, 0.3) is 0 Å². The second-order valence-electron chi connectivity index (χ2n) is 5.92. The Kier molecular flexibility index (Phi) is 5.33. The molecule has 0 amide bonds. The highest BCUT2D eigenvalue weighted by Gasteiger charge is 2.15. The largest absolute Gasteiger partial charge is 0.414 e. The van der Waals surface area contributed by atoms with Crippen molar-refractivity contribution in [1.29, 1.82) is 0 Å². The fraction of sp³-hybridized carbons (Fsp3) is 0.263. The van der Waals surface area contributed by atoms with Crippen LogP contribution in [0.1, 0.15) is 34.2 Å². The van der Waals surface area contributed by atoms with Crippen molar-refractivity contribution >= 4 is 11.8 Å². The van der Waals surface area contributed by atoms with Crippen LogP contribution in [0.2, 0.25) is 0 Å². The van der Waals surface area contributed by atoms with Crippen molar-refractivity contribution in [2.24, 2.45) is 5.73 Å². The topological polar surface area (TPSA) is 64.9 Å². The predicted octanol–water partition coefficient (Wildman–Crippen LogP) is 4.22. The van der Waals surface area contributed by atoms with Gasteiger partial charge in [0.25, 0.3) is 5.22 Å². The van der Waals surface area contributed by atoms with Gasteiger partial charge in [0.15, 0.2) is 0 Å². The zero-order valence-corrected chi connectivity index (χ0v) is 14.7. The highest BCUT2D eigenvalue weighted by Crippen LogP contribution is 2.25. The molecule has 0 unspecified atom stereocenters. The van der Waals surface area contributed by atoms with Crippen molar-refractivity contribution in [2.75, 3.05) is 0 Å². The van der Waals surface area contributed by atoms with Gasteiger partial charge in [0.1, 0.15) is 0 Å². The van der Waals surface area contributed by atoms with E-state index in [0.29, 0.717) is 17.5 Å². The van der Waals surface area contributed by atoms with Crippen molar-refractivity contribution in [3.8, 4) is 0 Å². The molecule has 1 atom stereocenters. The van der Waals surface area contributed by atoms with E-state index in [2.05, 4.69) is 42.2 Å². The molecule has 0 fully saturated rings. The van der Waals surface area contributed by atoms with E-state index in [0.717, 1.165) is 11.3 Å². The molecule has 0 saturated carbocycles. The number of nitrogens with two attached hydrogens (primary N) is 1. The number of benzene rings is 2. The van der Waals surface area contributed by atoms with Gasteiger partial charge in [-0.25, -0.2) is 0 Å². The number of aromatic nitrogens is 2. The van der Waals surface area contributed by atoms with Crippen molar-refractivity contribution in [3.05, 3.63) is 76.7 Å². The van der Waals surface area contributed by atoms with Crippen LogP contribution in [-0.2, 0) is 12.2 Å². The normalized spacial score (nSPS) is 12.3. The second-order valence-corrected chi connectivity index (χ2v) is 6.85. The minimum atomic E-state index is -0.282. The molecule has 2 N–H and O–H groups in total. The second kappa shape index (κ2) is 7.64. The number of aryl methyl sites for hydroxylation is 2. The summed E-state index contributed by atoms with van der Waals surface area (Å²) in [4.78, 5) is 0. The molecule has 3 rings (SSSR count). The summed E-state index contributed by atoms with van der Waals surface area (Å²) in [5.74, 6) is 1.30. The first-order chi connectivity index (χ1) is 11.6. The quantitative estimate of drug-likeness (QED) is 0.681. The van der Waals surface area contributed by atoms with Crippen LogP contribution >= 0.6 is 11.8 Å². The van der Waals surface area contributed by atoms with E-state index in [4.69, 9.17) is 10.2 Å². The maximum Gasteiger partial charge on any atom is 0.276 e. The number of thioether (sulfide) groups is 1. The van der Waals surface area contributed by atoms with Crippen LogP contribution in [-0.4, -0.2) is 10.2 Å². The number of nitrogens with zero attached hydrogens (tertiary/aromatic N) is 2. The summed E-state index contributed by atoms with van der Waals surface area (Å²) in [7, 11) is 0. The fourth-order valence-corrected chi connectivity index (χ4v) is 3.31. The smallest absolute Gasteiger partial charge is 0.276 e. The molecule has 3 aromatic rings. The lowest BCUT2D eigenvalue weighted by atomic mass is 10.1. The average Bonchev–Trinajstić information content (AvgIpc) is 3.06. The molecule has 2 aromatic carbocycles. The van der Waals surface area contributed by atoms with E-state index in [9.17, 15) is 0 Å². The predicted molar refractivity (Wildman–Crippen MR) is 96.8 cm³/mol. The molecule has 1 heterocycles. The molecule has 5 heteroatoms. The summed E-state index contributed by atoms with van der Waals surface area (Å²) in [6.07, 6.45) is 0.685. The molecule has 0 spiro atoms. The van der Waals surface area contributed by atoms with Crippen molar-refractivity contribution in [3.63, 3.8) is 0 Å². The SMILES string of the molecule is Cc1ccc(C)c(CSc2nnc([C@@H](N)Cc3ccccc3)o2)c1. The third-order valence-electron chi connectivity index (χ3n) is 3.89. The molecule has 0 aliphatic carbocycles. The van der Waals surface area contributed by atoms with Crippen LogP contribution in [0.3, 0.4) is 0 Å². The molecule has 0 bridgehead atoms. The summed E-state index contributed by atoms with van der Waals surface area (Å²) in [6, 6.07) is 16.3. The Morgan fingerprint density at radius 3 is 2.67 bits per heavy atom. The van der Waals surface area contributed by atoms with Gasteiger partial charge in [0.2, 0.25) is 5.89 Å². The highest BCUT2D eigenvalue weighted by atomic mass is 32.2. The lowest BCUT2D eigenvalue weighted by Crippen LogP contribution is -2.13. The fourth-order valence-electron chi connectivity index (χ4n) is 2.48. The van der Waals surface area contributed by atoms with Gasteiger partial charge in [-0.05, 0) is 37.0 Å². The summed E-state index contributed by atoms with van der Waals surface area (Å²) in [5, 5.41) is 8.78.